The zero-order valence-electron chi connectivity index (χ0n) is 17.6. The van der Waals surface area contributed by atoms with Crippen LogP contribution in [-0.4, -0.2) is 51.3 Å². The highest BCUT2D eigenvalue weighted by Gasteiger charge is 2.31. The molecule has 10 heteroatoms. The van der Waals surface area contributed by atoms with Crippen LogP contribution in [-0.2, 0) is 14.8 Å². The highest BCUT2D eigenvalue weighted by molar-refractivity contribution is 7.89. The summed E-state index contributed by atoms with van der Waals surface area (Å²) in [6.07, 6.45) is 1.69. The summed E-state index contributed by atoms with van der Waals surface area (Å²) < 4.78 is 51.1. The van der Waals surface area contributed by atoms with Crippen LogP contribution in [0.5, 0.6) is 5.75 Å². The lowest BCUT2D eigenvalue weighted by atomic mass is 10.0. The largest absolute Gasteiger partial charge is 0.494 e. The first-order valence-corrected chi connectivity index (χ1v) is 11.8. The number of sulfonamides is 1. The molecule has 3 rings (SSSR count). The van der Waals surface area contributed by atoms with E-state index in [9.17, 15) is 22.4 Å². The molecule has 1 aliphatic rings. The van der Waals surface area contributed by atoms with Crippen molar-refractivity contribution >= 4 is 33.4 Å². The van der Waals surface area contributed by atoms with Gasteiger partial charge in [-0.05, 0) is 55.2 Å². The van der Waals surface area contributed by atoms with Gasteiger partial charge >= 0.3 is 5.97 Å². The van der Waals surface area contributed by atoms with Gasteiger partial charge in [0.2, 0.25) is 10.0 Å². The topological polar surface area (TPSA) is 90.0 Å². The van der Waals surface area contributed by atoms with Gasteiger partial charge in [0.1, 0.15) is 4.90 Å². The third-order valence-corrected chi connectivity index (χ3v) is 7.56. The number of Topliss-reactive ketones (excluding diaryl/α,β-unsaturated/α-hetero) is 1. The third kappa shape index (κ3) is 5.28. The Morgan fingerprint density at radius 2 is 1.91 bits per heavy atom. The Balaban J connectivity index is 1.74. The number of ketones is 1. The fraction of sp³-hybridized carbons (Fsp3) is 0.364. The minimum atomic E-state index is -3.89. The van der Waals surface area contributed by atoms with E-state index >= 15 is 0 Å². The number of benzene rings is 2. The molecule has 1 aliphatic heterocycles. The van der Waals surface area contributed by atoms with Crippen LogP contribution >= 0.6 is 11.6 Å². The highest BCUT2D eigenvalue weighted by Crippen LogP contribution is 2.29. The number of hydrogen-bond acceptors (Lipinski definition) is 6. The smallest absolute Gasteiger partial charge is 0.338 e. The second-order valence-corrected chi connectivity index (χ2v) is 9.92. The van der Waals surface area contributed by atoms with Crippen LogP contribution in [0.2, 0.25) is 5.02 Å². The van der Waals surface area contributed by atoms with Crippen molar-refractivity contribution in [3.05, 3.63) is 58.4 Å². The Morgan fingerprint density at radius 3 is 2.56 bits per heavy atom. The van der Waals surface area contributed by atoms with E-state index in [-0.39, 0.29) is 32.7 Å². The van der Waals surface area contributed by atoms with Crippen LogP contribution in [0.15, 0.2) is 41.3 Å². The minimum absolute atomic E-state index is 0.00897. The van der Waals surface area contributed by atoms with Gasteiger partial charge in [-0.25, -0.2) is 17.6 Å². The van der Waals surface area contributed by atoms with E-state index in [1.54, 1.807) is 0 Å². The molecule has 0 saturated carbocycles. The van der Waals surface area contributed by atoms with E-state index in [0.717, 1.165) is 25.0 Å². The van der Waals surface area contributed by atoms with E-state index < -0.39 is 34.2 Å². The molecular weight excluding hydrogens is 461 g/mol. The van der Waals surface area contributed by atoms with E-state index in [1.807, 2.05) is 6.92 Å². The van der Waals surface area contributed by atoms with Crippen LogP contribution in [0.3, 0.4) is 0 Å². The molecule has 172 valence electrons. The predicted octanol–water partition coefficient (Wildman–Crippen LogP) is 3.95. The van der Waals surface area contributed by atoms with E-state index in [1.165, 1.54) is 35.7 Å². The lowest BCUT2D eigenvalue weighted by molar-refractivity contribution is 0.0474. The van der Waals surface area contributed by atoms with E-state index in [2.05, 4.69) is 0 Å². The molecule has 1 fully saturated rings. The molecule has 32 heavy (non-hydrogen) atoms. The van der Waals surface area contributed by atoms with Crippen molar-refractivity contribution in [1.82, 2.24) is 4.31 Å². The molecule has 0 aliphatic carbocycles. The van der Waals surface area contributed by atoms with Gasteiger partial charge in [0, 0.05) is 18.7 Å². The van der Waals surface area contributed by atoms with Crippen LogP contribution in [0.25, 0.3) is 0 Å². The van der Waals surface area contributed by atoms with Crippen molar-refractivity contribution in [3.8, 4) is 5.75 Å². The van der Waals surface area contributed by atoms with Crippen molar-refractivity contribution in [2.75, 3.05) is 26.8 Å². The van der Waals surface area contributed by atoms with E-state index in [0.29, 0.717) is 13.1 Å². The Hall–Kier alpha value is -2.49. The number of piperidine rings is 1. The van der Waals surface area contributed by atoms with Crippen molar-refractivity contribution in [2.24, 2.45) is 5.92 Å². The number of methoxy groups -OCH3 is 1. The van der Waals surface area contributed by atoms with Crippen molar-refractivity contribution in [1.29, 1.82) is 0 Å². The number of carbonyl (C=O) groups is 2. The van der Waals surface area contributed by atoms with Gasteiger partial charge < -0.3 is 9.47 Å². The molecule has 0 N–H and O–H groups in total. The fourth-order valence-electron chi connectivity index (χ4n) is 3.47. The summed E-state index contributed by atoms with van der Waals surface area (Å²) in [4.78, 5) is 24.5. The first-order chi connectivity index (χ1) is 15.1. The molecule has 0 bridgehead atoms. The fourth-order valence-corrected chi connectivity index (χ4v) is 5.57. The van der Waals surface area contributed by atoms with Crippen LogP contribution in [0.1, 0.15) is 40.5 Å². The molecule has 1 saturated heterocycles. The predicted molar refractivity (Wildman–Crippen MR) is 116 cm³/mol. The molecule has 0 aromatic heterocycles. The Bertz CT molecular complexity index is 1140. The van der Waals surface area contributed by atoms with Crippen molar-refractivity contribution in [2.45, 2.75) is 24.7 Å². The normalized spacial score (nSPS) is 17.1. The lowest BCUT2D eigenvalue weighted by Crippen LogP contribution is -2.39. The van der Waals surface area contributed by atoms with Crippen molar-refractivity contribution in [3.63, 3.8) is 0 Å². The number of halogens is 2. The third-order valence-electron chi connectivity index (χ3n) is 5.21. The summed E-state index contributed by atoms with van der Waals surface area (Å²) in [5.74, 6) is -2.03. The van der Waals surface area contributed by atoms with Gasteiger partial charge in [0.15, 0.2) is 24.0 Å². The van der Waals surface area contributed by atoms with Gasteiger partial charge in [0.05, 0.1) is 17.7 Å². The van der Waals surface area contributed by atoms with Crippen molar-refractivity contribution < 1.29 is 31.9 Å². The number of carbonyl (C=O) groups excluding carboxylic acids is 2. The second-order valence-electron chi connectivity index (χ2n) is 7.60. The van der Waals surface area contributed by atoms with Gasteiger partial charge in [-0.2, -0.15) is 4.31 Å². The van der Waals surface area contributed by atoms with Crippen LogP contribution in [0, 0.1) is 11.7 Å². The second kappa shape index (κ2) is 9.97. The maximum Gasteiger partial charge on any atom is 0.338 e. The van der Waals surface area contributed by atoms with Gasteiger partial charge in [-0.3, -0.25) is 4.79 Å². The molecule has 1 atom stereocenters. The summed E-state index contributed by atoms with van der Waals surface area (Å²) in [6.45, 7) is 2.09. The Labute approximate surface area is 191 Å². The average molecular weight is 484 g/mol. The van der Waals surface area contributed by atoms with Crippen LogP contribution < -0.4 is 4.74 Å². The highest BCUT2D eigenvalue weighted by atomic mass is 35.5. The summed E-state index contributed by atoms with van der Waals surface area (Å²) in [5, 5.41) is -0.00967. The zero-order chi connectivity index (χ0) is 23.5. The molecule has 0 radical (unpaired) electrons. The first kappa shape index (κ1) is 24.2. The average Bonchev–Trinajstić information content (AvgIpc) is 2.77. The standard InChI is InChI=1S/C22H23ClFNO6S/c1-14-4-3-9-25(12-14)32(28,29)21-11-16(5-7-17(21)23)22(27)31-13-19(26)15-6-8-20(30-2)18(24)10-15/h5-8,10-11,14H,3-4,9,12-13H2,1-2H3. The summed E-state index contributed by atoms with van der Waals surface area (Å²) in [5.41, 5.74) is -0.0542. The number of rotatable bonds is 7. The summed E-state index contributed by atoms with van der Waals surface area (Å²) >= 11 is 6.13. The molecule has 1 unspecified atom stereocenters. The quantitative estimate of drug-likeness (QED) is 0.437. The van der Waals surface area contributed by atoms with Gasteiger partial charge in [-0.15, -0.1) is 0 Å². The summed E-state index contributed by atoms with van der Waals surface area (Å²) in [7, 11) is -2.59. The lowest BCUT2D eigenvalue weighted by Gasteiger charge is -2.30. The Kier molecular flexibility index (Phi) is 7.53. The van der Waals surface area contributed by atoms with E-state index in [4.69, 9.17) is 21.1 Å². The molecule has 0 spiro atoms. The SMILES string of the molecule is COc1ccc(C(=O)COC(=O)c2ccc(Cl)c(S(=O)(=O)N3CCCC(C)C3)c2)cc1F. The number of nitrogens with zero attached hydrogens (tertiary/aromatic N) is 1. The Morgan fingerprint density at radius 1 is 1.19 bits per heavy atom. The monoisotopic (exact) mass is 483 g/mol. The molecule has 1 heterocycles. The zero-order valence-corrected chi connectivity index (χ0v) is 19.2. The molecule has 0 amide bonds. The van der Waals surface area contributed by atoms with Crippen LogP contribution in [0.4, 0.5) is 4.39 Å². The number of esters is 1. The minimum Gasteiger partial charge on any atom is -0.494 e. The van der Waals surface area contributed by atoms with Gasteiger partial charge in [0.25, 0.3) is 0 Å². The molecular formula is C22H23ClFNO6S. The van der Waals surface area contributed by atoms with Gasteiger partial charge in [-0.1, -0.05) is 18.5 Å². The molecule has 7 nitrogen and oxygen atoms in total. The molecule has 2 aromatic carbocycles. The number of hydrogen-bond donors (Lipinski definition) is 0. The molecule has 2 aromatic rings. The maximum absolute atomic E-state index is 13.8. The maximum atomic E-state index is 13.8. The first-order valence-electron chi connectivity index (χ1n) is 9.97. The summed E-state index contributed by atoms with van der Waals surface area (Å²) in [6, 6.07) is 7.41. The number of ether oxygens (including phenoxy) is 2.